The summed E-state index contributed by atoms with van der Waals surface area (Å²) in [6.07, 6.45) is 3.41. The number of benzene rings is 2. The molecule has 38 heavy (non-hydrogen) atoms. The molecule has 1 unspecified atom stereocenters. The third-order valence-electron chi connectivity index (χ3n) is 8.47. The van der Waals surface area contributed by atoms with E-state index in [1.165, 1.54) is 33.4 Å². The average molecular weight is 518 g/mol. The van der Waals surface area contributed by atoms with Crippen molar-refractivity contribution in [3.63, 3.8) is 0 Å². The van der Waals surface area contributed by atoms with Gasteiger partial charge in [-0.2, -0.15) is 0 Å². The molecule has 0 N–H and O–H groups in total. The molecule has 0 radical (unpaired) electrons. The standard InChI is InChI=1S/C32H39NO5/c1-18-13-22-14-28(35-7)29(36-8)15-23(22)17-33(18)31(34)27-10-9-24(37-27)16-26-19(2)20(3)30-25(21(26)4)11-12-32(5,6)38-30/h9-10,14-15,18H,11-13,16-17H2,1-8H3. The number of nitrogens with zero attached hydrogens (tertiary/aromatic N) is 1. The molecule has 0 bridgehead atoms. The summed E-state index contributed by atoms with van der Waals surface area (Å²) in [7, 11) is 3.27. The second-order valence-corrected chi connectivity index (χ2v) is 11.4. The summed E-state index contributed by atoms with van der Waals surface area (Å²) in [5, 5.41) is 0. The SMILES string of the molecule is COc1cc2c(cc1OC)CN(C(=O)c1ccc(Cc3c(C)c(C)c4c(c3C)CCC(C)(C)O4)o1)C(C)C2. The summed E-state index contributed by atoms with van der Waals surface area (Å²) >= 11 is 0. The summed E-state index contributed by atoms with van der Waals surface area (Å²) in [6.45, 7) is 13.4. The lowest BCUT2D eigenvalue weighted by Gasteiger charge is -2.36. The Morgan fingerprint density at radius 1 is 1.03 bits per heavy atom. The monoisotopic (exact) mass is 517 g/mol. The number of methoxy groups -OCH3 is 2. The third-order valence-corrected chi connectivity index (χ3v) is 8.47. The van der Waals surface area contributed by atoms with Crippen molar-refractivity contribution in [2.75, 3.05) is 14.2 Å². The molecule has 0 aliphatic carbocycles. The molecule has 2 aliphatic heterocycles. The van der Waals surface area contributed by atoms with Crippen LogP contribution in [0.15, 0.2) is 28.7 Å². The van der Waals surface area contributed by atoms with E-state index in [9.17, 15) is 4.79 Å². The molecule has 6 heteroatoms. The number of furan rings is 1. The van der Waals surface area contributed by atoms with Gasteiger partial charge in [-0.1, -0.05) is 0 Å². The highest BCUT2D eigenvalue weighted by Gasteiger charge is 2.32. The Kier molecular flexibility index (Phi) is 6.70. The molecule has 5 rings (SSSR count). The second kappa shape index (κ2) is 9.72. The van der Waals surface area contributed by atoms with Crippen molar-refractivity contribution in [2.24, 2.45) is 0 Å². The molecule has 0 spiro atoms. The molecule has 3 heterocycles. The van der Waals surface area contributed by atoms with Crippen LogP contribution in [0.2, 0.25) is 0 Å². The largest absolute Gasteiger partial charge is 0.493 e. The van der Waals surface area contributed by atoms with Gasteiger partial charge < -0.3 is 23.5 Å². The smallest absolute Gasteiger partial charge is 0.290 e. The number of hydrogen-bond donors (Lipinski definition) is 0. The molecule has 3 aromatic rings. The first-order valence-corrected chi connectivity index (χ1v) is 13.5. The van der Waals surface area contributed by atoms with Gasteiger partial charge in [-0.05, 0) is 124 Å². The number of fused-ring (bicyclic) bond motifs is 2. The summed E-state index contributed by atoms with van der Waals surface area (Å²) < 4.78 is 23.5. The van der Waals surface area contributed by atoms with Gasteiger partial charge in [-0.25, -0.2) is 0 Å². The molecule has 6 nitrogen and oxygen atoms in total. The molecule has 0 saturated carbocycles. The summed E-state index contributed by atoms with van der Waals surface area (Å²) in [5.74, 6) is 3.53. The molecule has 2 aromatic carbocycles. The van der Waals surface area contributed by atoms with Crippen LogP contribution in [0.1, 0.15) is 82.5 Å². The van der Waals surface area contributed by atoms with Crippen LogP contribution in [0.25, 0.3) is 0 Å². The average Bonchev–Trinajstić information content (AvgIpc) is 3.36. The maximum Gasteiger partial charge on any atom is 0.290 e. The molecule has 2 aliphatic rings. The third kappa shape index (κ3) is 4.55. The van der Waals surface area contributed by atoms with E-state index < -0.39 is 0 Å². The number of amides is 1. The van der Waals surface area contributed by atoms with Crippen LogP contribution in [0.5, 0.6) is 17.2 Å². The van der Waals surface area contributed by atoms with E-state index >= 15 is 0 Å². The molecule has 0 saturated heterocycles. The number of ether oxygens (including phenoxy) is 3. The van der Waals surface area contributed by atoms with Crippen LogP contribution in [0.4, 0.5) is 0 Å². The van der Waals surface area contributed by atoms with E-state index in [4.69, 9.17) is 18.6 Å². The Labute approximate surface area is 225 Å². The zero-order valence-electron chi connectivity index (χ0n) is 23.9. The number of rotatable bonds is 5. The summed E-state index contributed by atoms with van der Waals surface area (Å²) in [4.78, 5) is 15.4. The highest BCUT2D eigenvalue weighted by molar-refractivity contribution is 5.92. The minimum absolute atomic E-state index is 0.0405. The molecular weight excluding hydrogens is 478 g/mol. The highest BCUT2D eigenvalue weighted by atomic mass is 16.5. The maximum atomic E-state index is 13.6. The van der Waals surface area contributed by atoms with Gasteiger partial charge in [0.05, 0.1) is 14.2 Å². The molecule has 202 valence electrons. The van der Waals surface area contributed by atoms with Crippen LogP contribution >= 0.6 is 0 Å². The topological polar surface area (TPSA) is 61.1 Å². The van der Waals surface area contributed by atoms with E-state index in [1.807, 2.05) is 29.2 Å². The van der Waals surface area contributed by atoms with Gasteiger partial charge >= 0.3 is 0 Å². The zero-order chi connectivity index (χ0) is 27.4. The van der Waals surface area contributed by atoms with Gasteiger partial charge in [-0.15, -0.1) is 0 Å². The normalized spacial score (nSPS) is 17.9. The fourth-order valence-electron chi connectivity index (χ4n) is 5.96. The first-order valence-electron chi connectivity index (χ1n) is 13.5. The maximum absolute atomic E-state index is 13.6. The zero-order valence-corrected chi connectivity index (χ0v) is 23.9. The fourth-order valence-corrected chi connectivity index (χ4v) is 5.96. The summed E-state index contributed by atoms with van der Waals surface area (Å²) in [5.41, 5.74) is 8.38. The van der Waals surface area contributed by atoms with E-state index in [1.54, 1.807) is 14.2 Å². The van der Waals surface area contributed by atoms with Crippen molar-refractivity contribution in [2.45, 2.75) is 85.4 Å². The Bertz CT molecular complexity index is 1400. The van der Waals surface area contributed by atoms with Gasteiger partial charge in [0, 0.05) is 19.0 Å². The minimum Gasteiger partial charge on any atom is -0.493 e. The van der Waals surface area contributed by atoms with Gasteiger partial charge in [0.2, 0.25) is 0 Å². The fraction of sp³-hybridized carbons (Fsp3) is 0.469. The van der Waals surface area contributed by atoms with E-state index in [2.05, 4.69) is 41.5 Å². The van der Waals surface area contributed by atoms with Crippen molar-refractivity contribution < 1.29 is 23.4 Å². The van der Waals surface area contributed by atoms with Crippen molar-refractivity contribution in [3.05, 3.63) is 74.7 Å². The van der Waals surface area contributed by atoms with Crippen LogP contribution < -0.4 is 14.2 Å². The lowest BCUT2D eigenvalue weighted by Crippen LogP contribution is -2.42. The van der Waals surface area contributed by atoms with Gasteiger partial charge in [0.1, 0.15) is 17.1 Å². The summed E-state index contributed by atoms with van der Waals surface area (Å²) in [6, 6.07) is 7.79. The van der Waals surface area contributed by atoms with Gasteiger partial charge in [-0.3, -0.25) is 4.79 Å². The predicted molar refractivity (Wildman–Crippen MR) is 148 cm³/mol. The first-order chi connectivity index (χ1) is 18.0. The molecule has 1 aromatic heterocycles. The lowest BCUT2D eigenvalue weighted by molar-refractivity contribution is 0.0623. The van der Waals surface area contributed by atoms with E-state index in [0.29, 0.717) is 30.2 Å². The molecule has 1 amide bonds. The quantitative estimate of drug-likeness (QED) is 0.386. The van der Waals surface area contributed by atoms with Crippen LogP contribution in [0, 0.1) is 20.8 Å². The highest BCUT2D eigenvalue weighted by Crippen LogP contribution is 2.41. The Hall–Kier alpha value is -3.41. The Morgan fingerprint density at radius 2 is 1.71 bits per heavy atom. The second-order valence-electron chi connectivity index (χ2n) is 11.4. The van der Waals surface area contributed by atoms with Crippen molar-refractivity contribution in [1.82, 2.24) is 4.90 Å². The first kappa shape index (κ1) is 26.2. The van der Waals surface area contributed by atoms with Gasteiger partial charge in [0.15, 0.2) is 17.3 Å². The molecular formula is C32H39NO5. The van der Waals surface area contributed by atoms with Crippen LogP contribution in [-0.4, -0.2) is 36.7 Å². The Morgan fingerprint density at radius 3 is 2.39 bits per heavy atom. The number of carbonyl (C=O) groups is 1. The van der Waals surface area contributed by atoms with Crippen molar-refractivity contribution >= 4 is 5.91 Å². The lowest BCUT2D eigenvalue weighted by atomic mass is 9.84. The Balaban J connectivity index is 1.38. The molecule has 0 fully saturated rings. The van der Waals surface area contributed by atoms with Crippen LogP contribution in [-0.2, 0) is 25.8 Å². The van der Waals surface area contributed by atoms with Crippen LogP contribution in [0.3, 0.4) is 0 Å². The van der Waals surface area contributed by atoms with Crippen molar-refractivity contribution in [1.29, 1.82) is 0 Å². The predicted octanol–water partition coefficient (Wildman–Crippen LogP) is 6.50. The van der Waals surface area contributed by atoms with E-state index in [0.717, 1.165) is 36.3 Å². The van der Waals surface area contributed by atoms with E-state index in [-0.39, 0.29) is 17.6 Å². The minimum atomic E-state index is -0.141. The number of hydrogen-bond acceptors (Lipinski definition) is 5. The van der Waals surface area contributed by atoms with Crippen molar-refractivity contribution in [3.8, 4) is 17.2 Å². The number of carbonyl (C=O) groups excluding carboxylic acids is 1. The van der Waals surface area contributed by atoms with Gasteiger partial charge in [0.25, 0.3) is 5.91 Å². The molecule has 1 atom stereocenters.